The first-order valence-corrected chi connectivity index (χ1v) is 9.00. The number of Topliss-reactive ketones (excluding diaryl/α,β-unsaturated/α-hetero) is 1. The molecule has 0 aromatic carbocycles. The highest BCUT2D eigenvalue weighted by molar-refractivity contribution is 6.01. The molecule has 7 atom stereocenters. The molecule has 4 aliphatic rings. The van der Waals surface area contributed by atoms with E-state index in [4.69, 9.17) is 0 Å². The van der Waals surface area contributed by atoms with Gasteiger partial charge in [-0.2, -0.15) is 0 Å². The fourth-order valence-corrected chi connectivity index (χ4v) is 6.33. The van der Waals surface area contributed by atoms with E-state index >= 15 is 4.39 Å². The Morgan fingerprint density at radius 1 is 1.25 bits per heavy atom. The molecule has 1 N–H and O–H groups in total. The summed E-state index contributed by atoms with van der Waals surface area (Å²) in [5, 5.41) is 10.9. The van der Waals surface area contributed by atoms with Gasteiger partial charge in [0.25, 0.3) is 0 Å². The van der Waals surface area contributed by atoms with E-state index in [9.17, 15) is 14.7 Å². The first-order chi connectivity index (χ1) is 11.1. The summed E-state index contributed by atoms with van der Waals surface area (Å²) in [7, 11) is 0. The maximum absolute atomic E-state index is 16.6. The summed E-state index contributed by atoms with van der Waals surface area (Å²) in [6.45, 7) is 5.65. The lowest BCUT2D eigenvalue weighted by Gasteiger charge is -2.60. The molecule has 3 nitrogen and oxygen atoms in total. The Bertz CT molecular complexity index is 695. The van der Waals surface area contributed by atoms with Gasteiger partial charge in [0.2, 0.25) is 0 Å². The Balaban J connectivity index is 1.84. The van der Waals surface area contributed by atoms with Gasteiger partial charge in [-0.05, 0) is 50.7 Å². The van der Waals surface area contributed by atoms with Gasteiger partial charge in [0, 0.05) is 22.7 Å². The lowest BCUT2D eigenvalue weighted by molar-refractivity contribution is -0.190. The van der Waals surface area contributed by atoms with Crippen LogP contribution in [0.4, 0.5) is 4.39 Å². The number of allylic oxidation sites excluding steroid dienone is 4. The standard InChI is InChI=1S/C20H25FO3/c1-11-8-15-14-5-4-12-9-13(22)6-7-19(12,3)20(14,21)16(23)10-18(15,2)17(11)24/h6-7,9,11,14-16,23H,4-5,8,10H2,1-3H3/t11-,14-,15-,16+,18+,19+,20+/m1/s1. The van der Waals surface area contributed by atoms with Gasteiger partial charge in [0.05, 0.1) is 6.10 Å². The molecular weight excluding hydrogens is 307 g/mol. The van der Waals surface area contributed by atoms with E-state index in [1.54, 1.807) is 19.1 Å². The van der Waals surface area contributed by atoms with Crippen LogP contribution in [0.5, 0.6) is 0 Å². The number of hydrogen-bond acceptors (Lipinski definition) is 3. The van der Waals surface area contributed by atoms with Crippen LogP contribution < -0.4 is 0 Å². The van der Waals surface area contributed by atoms with Gasteiger partial charge in [-0.25, -0.2) is 4.39 Å². The van der Waals surface area contributed by atoms with Crippen LogP contribution in [0.15, 0.2) is 23.8 Å². The van der Waals surface area contributed by atoms with Crippen molar-refractivity contribution in [1.82, 2.24) is 0 Å². The van der Waals surface area contributed by atoms with E-state index in [1.807, 2.05) is 13.8 Å². The predicted molar refractivity (Wildman–Crippen MR) is 87.9 cm³/mol. The van der Waals surface area contributed by atoms with Crippen molar-refractivity contribution in [2.24, 2.45) is 28.6 Å². The fourth-order valence-electron chi connectivity index (χ4n) is 6.33. The molecule has 3 saturated carbocycles. The number of hydrogen-bond donors (Lipinski definition) is 1. The number of aliphatic hydroxyl groups is 1. The van der Waals surface area contributed by atoms with Crippen LogP contribution in [-0.2, 0) is 9.59 Å². The number of aliphatic hydroxyl groups excluding tert-OH is 1. The lowest BCUT2D eigenvalue weighted by atomic mass is 9.46. The van der Waals surface area contributed by atoms with Crippen LogP contribution in [0, 0.1) is 28.6 Å². The molecule has 130 valence electrons. The second kappa shape index (κ2) is 4.66. The molecule has 0 aliphatic heterocycles. The summed E-state index contributed by atoms with van der Waals surface area (Å²) < 4.78 is 16.6. The van der Waals surface area contributed by atoms with E-state index in [-0.39, 0.29) is 35.7 Å². The van der Waals surface area contributed by atoms with Crippen molar-refractivity contribution in [3.63, 3.8) is 0 Å². The predicted octanol–water partition coefficient (Wildman–Crippen LogP) is 3.17. The van der Waals surface area contributed by atoms with Crippen LogP contribution in [0.2, 0.25) is 0 Å². The molecular formula is C20H25FO3. The van der Waals surface area contributed by atoms with Crippen molar-refractivity contribution in [3.8, 4) is 0 Å². The topological polar surface area (TPSA) is 54.4 Å². The largest absolute Gasteiger partial charge is 0.390 e. The van der Waals surface area contributed by atoms with E-state index in [0.717, 1.165) is 5.57 Å². The number of ketones is 2. The summed E-state index contributed by atoms with van der Waals surface area (Å²) in [4.78, 5) is 24.4. The Morgan fingerprint density at radius 3 is 2.67 bits per heavy atom. The summed E-state index contributed by atoms with van der Waals surface area (Å²) in [5.41, 5.74) is -2.61. The zero-order valence-corrected chi connectivity index (χ0v) is 14.5. The minimum absolute atomic E-state index is 0.0298. The Hall–Kier alpha value is -1.29. The monoisotopic (exact) mass is 332 g/mol. The first kappa shape index (κ1) is 16.2. The van der Waals surface area contributed by atoms with E-state index < -0.39 is 22.6 Å². The van der Waals surface area contributed by atoms with Gasteiger partial charge in [-0.15, -0.1) is 0 Å². The van der Waals surface area contributed by atoms with Gasteiger partial charge in [0.15, 0.2) is 11.5 Å². The number of carbonyl (C=O) groups excluding carboxylic acids is 2. The number of carbonyl (C=O) groups is 2. The molecule has 24 heavy (non-hydrogen) atoms. The van der Waals surface area contributed by atoms with Gasteiger partial charge < -0.3 is 5.11 Å². The molecule has 0 amide bonds. The minimum Gasteiger partial charge on any atom is -0.390 e. The second-order valence-electron chi connectivity index (χ2n) is 8.77. The molecule has 0 saturated heterocycles. The second-order valence-corrected chi connectivity index (χ2v) is 8.77. The summed E-state index contributed by atoms with van der Waals surface area (Å²) >= 11 is 0. The third-order valence-electron chi connectivity index (χ3n) is 7.65. The molecule has 4 aliphatic carbocycles. The van der Waals surface area contributed by atoms with Gasteiger partial charge in [-0.3, -0.25) is 9.59 Å². The van der Waals surface area contributed by atoms with Crippen molar-refractivity contribution in [1.29, 1.82) is 0 Å². The molecule has 0 aromatic heterocycles. The van der Waals surface area contributed by atoms with Crippen LogP contribution in [0.1, 0.15) is 46.5 Å². The van der Waals surface area contributed by atoms with Crippen molar-refractivity contribution in [3.05, 3.63) is 23.8 Å². The van der Waals surface area contributed by atoms with Crippen LogP contribution in [0.3, 0.4) is 0 Å². The number of fused-ring (bicyclic) bond motifs is 5. The van der Waals surface area contributed by atoms with Crippen LogP contribution >= 0.6 is 0 Å². The lowest BCUT2D eigenvalue weighted by Crippen LogP contribution is -2.66. The number of rotatable bonds is 0. The van der Waals surface area contributed by atoms with E-state index in [0.29, 0.717) is 19.3 Å². The summed E-state index contributed by atoms with van der Waals surface area (Å²) in [5.74, 6) is -0.375. The normalized spacial score (nSPS) is 53.3. The highest BCUT2D eigenvalue weighted by Gasteiger charge is 2.71. The maximum atomic E-state index is 16.6. The quantitative estimate of drug-likeness (QED) is 0.741. The molecule has 0 radical (unpaired) electrons. The van der Waals surface area contributed by atoms with E-state index in [1.165, 1.54) is 6.08 Å². The average Bonchev–Trinajstić information content (AvgIpc) is 2.74. The summed E-state index contributed by atoms with van der Waals surface area (Å²) in [6.07, 6.45) is 5.57. The SMILES string of the molecule is C[C@@H]1C[C@@H]2[C@H]3CCC4=CC(=O)C=C[C@]4(C)[C@@]3(F)[C@@H](O)C[C@]2(C)C1=O. The Labute approximate surface area is 142 Å². The molecule has 0 unspecified atom stereocenters. The van der Waals surface area contributed by atoms with Crippen LogP contribution in [-0.4, -0.2) is 28.4 Å². The highest BCUT2D eigenvalue weighted by atomic mass is 19.1. The summed E-state index contributed by atoms with van der Waals surface area (Å²) in [6, 6.07) is 0. The third kappa shape index (κ3) is 1.66. The number of halogens is 1. The van der Waals surface area contributed by atoms with Crippen molar-refractivity contribution in [2.75, 3.05) is 0 Å². The zero-order valence-electron chi connectivity index (χ0n) is 14.5. The Kier molecular flexibility index (Phi) is 3.14. The third-order valence-corrected chi connectivity index (χ3v) is 7.65. The van der Waals surface area contributed by atoms with Gasteiger partial charge >= 0.3 is 0 Å². The van der Waals surface area contributed by atoms with Crippen molar-refractivity contribution >= 4 is 11.6 Å². The van der Waals surface area contributed by atoms with E-state index in [2.05, 4.69) is 0 Å². The molecule has 0 spiro atoms. The minimum atomic E-state index is -1.82. The molecule has 3 fully saturated rings. The zero-order chi connectivity index (χ0) is 17.5. The van der Waals surface area contributed by atoms with Crippen molar-refractivity contribution < 1.29 is 19.1 Å². The molecule has 4 rings (SSSR count). The smallest absolute Gasteiger partial charge is 0.178 e. The average molecular weight is 332 g/mol. The van der Waals surface area contributed by atoms with Crippen molar-refractivity contribution in [2.45, 2.75) is 58.2 Å². The number of alkyl halides is 1. The maximum Gasteiger partial charge on any atom is 0.178 e. The first-order valence-electron chi connectivity index (χ1n) is 9.00. The Morgan fingerprint density at radius 2 is 1.96 bits per heavy atom. The highest BCUT2D eigenvalue weighted by Crippen LogP contribution is 2.67. The van der Waals surface area contributed by atoms with Gasteiger partial charge in [0.1, 0.15) is 5.78 Å². The molecule has 0 heterocycles. The van der Waals surface area contributed by atoms with Crippen LogP contribution in [0.25, 0.3) is 0 Å². The molecule has 0 bridgehead atoms. The fraction of sp³-hybridized carbons (Fsp3) is 0.700. The van der Waals surface area contributed by atoms with Gasteiger partial charge in [-0.1, -0.05) is 25.5 Å². The molecule has 4 heteroatoms. The molecule has 0 aromatic rings.